The number of nitrogens with zero attached hydrogens (tertiary/aromatic N) is 1. The number of esters is 1. The van der Waals surface area contributed by atoms with E-state index in [2.05, 4.69) is 10.3 Å². The summed E-state index contributed by atoms with van der Waals surface area (Å²) < 4.78 is 51.6. The minimum absolute atomic E-state index is 0.185. The molecule has 0 unspecified atom stereocenters. The van der Waals surface area contributed by atoms with E-state index >= 15 is 0 Å². The topological polar surface area (TPSA) is 176 Å². The fourth-order valence-corrected chi connectivity index (χ4v) is 3.31. The number of amidine groups is 1. The Bertz CT molecular complexity index is 1360. The lowest BCUT2D eigenvalue weighted by Crippen LogP contribution is -2.31. The van der Waals surface area contributed by atoms with Crippen molar-refractivity contribution in [3.8, 4) is 5.75 Å². The van der Waals surface area contributed by atoms with Crippen LogP contribution in [0.3, 0.4) is 0 Å². The third-order valence-corrected chi connectivity index (χ3v) is 5.55. The number of carbonyl (C=O) groups excluding carboxylic acids is 1. The van der Waals surface area contributed by atoms with Gasteiger partial charge in [0.1, 0.15) is 5.84 Å². The zero-order valence-corrected chi connectivity index (χ0v) is 20.0. The summed E-state index contributed by atoms with van der Waals surface area (Å²) in [7, 11) is 0. The molecule has 0 amide bonds. The Labute approximate surface area is 210 Å². The lowest BCUT2D eigenvalue weighted by Gasteiger charge is -2.18. The van der Waals surface area contributed by atoms with Gasteiger partial charge in [-0.25, -0.2) is 19.0 Å². The van der Waals surface area contributed by atoms with Crippen molar-refractivity contribution in [3.63, 3.8) is 0 Å². The zero-order valence-electron chi connectivity index (χ0n) is 19.1. The van der Waals surface area contributed by atoms with Gasteiger partial charge in [-0.05, 0) is 50.2 Å². The van der Waals surface area contributed by atoms with E-state index in [1.165, 1.54) is 29.5 Å². The molecule has 198 valence electrons. The van der Waals surface area contributed by atoms with Gasteiger partial charge in [0.25, 0.3) is 0 Å². The molecule has 2 aromatic carbocycles. The van der Waals surface area contributed by atoms with Crippen molar-refractivity contribution in [2.45, 2.75) is 20.0 Å². The van der Waals surface area contributed by atoms with E-state index in [1.807, 2.05) is 0 Å². The first-order valence-electron chi connectivity index (χ1n) is 10.1. The van der Waals surface area contributed by atoms with Gasteiger partial charge in [0.15, 0.2) is 16.7 Å². The largest absolute Gasteiger partial charge is 0.490 e. The number of fused-ring (bicyclic) bond motifs is 1. The number of anilines is 1. The number of carboxylic acids is 2. The number of aliphatic carboxylic acids is 2. The second-order valence-electron chi connectivity index (χ2n) is 8.00. The number of nitrogens with one attached hydrogen (secondary N) is 2. The molecule has 37 heavy (non-hydrogen) atoms. The van der Waals surface area contributed by atoms with Gasteiger partial charge < -0.3 is 26.0 Å². The normalized spacial score (nSPS) is 11.3. The molecule has 0 saturated heterocycles. The summed E-state index contributed by atoms with van der Waals surface area (Å²) in [5.41, 5.74) is 5.37. The molecular formula is C22H20F4N4O6S. The number of benzene rings is 2. The molecule has 10 nitrogen and oxygen atoms in total. The predicted octanol–water partition coefficient (Wildman–Crippen LogP) is 4.09. The fraction of sp³-hybridized carbons (Fsp3) is 0.227. The highest BCUT2D eigenvalue weighted by atomic mass is 32.1. The van der Waals surface area contributed by atoms with Gasteiger partial charge in [-0.2, -0.15) is 13.2 Å². The number of carboxylic acid groups (broad SMARTS) is 2. The van der Waals surface area contributed by atoms with E-state index in [0.29, 0.717) is 15.3 Å². The molecule has 1 heterocycles. The molecule has 0 saturated carbocycles. The molecule has 0 spiro atoms. The molecule has 0 radical (unpaired) electrons. The number of nitrogen functional groups attached to an aromatic ring is 1. The van der Waals surface area contributed by atoms with Gasteiger partial charge in [-0.1, -0.05) is 11.3 Å². The number of hydrogen-bond donors (Lipinski definition) is 5. The van der Waals surface area contributed by atoms with Gasteiger partial charge in [0, 0.05) is 12.1 Å². The number of alkyl halides is 3. The van der Waals surface area contributed by atoms with Crippen LogP contribution in [0.1, 0.15) is 29.8 Å². The molecule has 6 N–H and O–H groups in total. The highest BCUT2D eigenvalue weighted by Gasteiger charge is 2.38. The molecule has 1 aromatic heterocycles. The summed E-state index contributed by atoms with van der Waals surface area (Å²) in [6, 6.07) is 8.36. The van der Waals surface area contributed by atoms with Crippen LogP contribution in [0.5, 0.6) is 5.75 Å². The second-order valence-corrected chi connectivity index (χ2v) is 9.03. The molecular weight excluding hydrogens is 524 g/mol. The van der Waals surface area contributed by atoms with E-state index < -0.39 is 35.3 Å². The van der Waals surface area contributed by atoms with Crippen LogP contribution < -0.4 is 15.8 Å². The molecule has 0 bridgehead atoms. The average molecular weight is 544 g/mol. The summed E-state index contributed by atoms with van der Waals surface area (Å²) in [4.78, 5) is 36.9. The number of carbonyl (C=O) groups is 3. The summed E-state index contributed by atoms with van der Waals surface area (Å²) in [6.07, 6.45) is -5.08. The quantitative estimate of drug-likeness (QED) is 0.0964. The van der Waals surface area contributed by atoms with Crippen LogP contribution in [0.15, 0.2) is 36.4 Å². The molecule has 15 heteroatoms. The zero-order chi connectivity index (χ0) is 28.1. The molecule has 0 aliphatic heterocycles. The minimum Gasteiger partial charge on any atom is -0.481 e. The van der Waals surface area contributed by atoms with E-state index in [0.717, 1.165) is 6.07 Å². The monoisotopic (exact) mass is 544 g/mol. The first-order chi connectivity index (χ1) is 17.0. The lowest BCUT2D eigenvalue weighted by molar-refractivity contribution is -0.192. The van der Waals surface area contributed by atoms with Crippen LogP contribution in [-0.2, 0) is 9.59 Å². The van der Waals surface area contributed by atoms with Crippen molar-refractivity contribution in [3.05, 3.63) is 53.3 Å². The number of hydrogen-bond acceptors (Lipinski definition) is 8. The Morgan fingerprint density at radius 2 is 1.68 bits per heavy atom. The Kier molecular flexibility index (Phi) is 8.77. The molecule has 0 atom stereocenters. The third kappa shape index (κ3) is 7.86. The van der Waals surface area contributed by atoms with Crippen LogP contribution in [0, 0.1) is 16.6 Å². The van der Waals surface area contributed by atoms with Crippen molar-refractivity contribution in [2.24, 2.45) is 11.1 Å². The maximum absolute atomic E-state index is 14.1. The van der Waals surface area contributed by atoms with Crippen LogP contribution in [0.25, 0.3) is 10.2 Å². The van der Waals surface area contributed by atoms with Crippen molar-refractivity contribution in [1.82, 2.24) is 4.98 Å². The van der Waals surface area contributed by atoms with Gasteiger partial charge in [-0.3, -0.25) is 10.2 Å². The number of ether oxygens (including phenoxy) is 1. The van der Waals surface area contributed by atoms with Crippen molar-refractivity contribution in [2.75, 3.05) is 11.9 Å². The first kappa shape index (κ1) is 29.0. The predicted molar refractivity (Wildman–Crippen MR) is 126 cm³/mol. The molecule has 0 fully saturated rings. The minimum atomic E-state index is -5.08. The number of halogens is 4. The standard InChI is InChI=1S/C20H19FN4O4S.C2HF3O2/c1-20(2,18(27)28)9-24-19-25-13-5-3-11(8-15(13)30-19)17(26)29-14-6-4-10(16(22)23)7-12(14)21;3-2(4,5)1(6)7/h3-8H,9H2,1-2H3,(H3,22,23)(H,24,25)(H,27,28);(H,6,7). The number of nitrogens with two attached hydrogens (primary N) is 1. The van der Waals surface area contributed by atoms with E-state index in [9.17, 15) is 32.3 Å². The van der Waals surface area contributed by atoms with E-state index in [-0.39, 0.29) is 29.3 Å². The molecule has 3 rings (SSSR count). The average Bonchev–Trinajstić information content (AvgIpc) is 3.21. The van der Waals surface area contributed by atoms with Gasteiger partial charge in [0.2, 0.25) is 0 Å². The summed E-state index contributed by atoms with van der Waals surface area (Å²) in [5.74, 6) is -5.80. The van der Waals surface area contributed by atoms with Gasteiger partial charge in [0.05, 0.1) is 21.2 Å². The summed E-state index contributed by atoms with van der Waals surface area (Å²) >= 11 is 1.26. The van der Waals surface area contributed by atoms with Crippen LogP contribution in [-0.4, -0.2) is 51.7 Å². The number of aromatic nitrogens is 1. The summed E-state index contributed by atoms with van der Waals surface area (Å²) in [6.45, 7) is 3.39. The Morgan fingerprint density at radius 3 is 2.19 bits per heavy atom. The Morgan fingerprint density at radius 1 is 1.08 bits per heavy atom. The Hall–Kier alpha value is -4.27. The maximum atomic E-state index is 14.1. The second kappa shape index (κ2) is 11.2. The molecule has 0 aliphatic carbocycles. The maximum Gasteiger partial charge on any atom is 0.490 e. The Balaban J connectivity index is 0.000000604. The number of thiazole rings is 1. The third-order valence-electron chi connectivity index (χ3n) is 4.57. The fourth-order valence-electron chi connectivity index (χ4n) is 2.41. The van der Waals surface area contributed by atoms with Crippen LogP contribution >= 0.6 is 11.3 Å². The highest BCUT2D eigenvalue weighted by Crippen LogP contribution is 2.29. The van der Waals surface area contributed by atoms with Crippen LogP contribution in [0.4, 0.5) is 22.7 Å². The SMILES string of the molecule is CC(C)(CNc1nc2ccc(C(=O)Oc3ccc(C(=N)N)cc3F)cc2s1)C(=O)O.O=C(O)C(F)(F)F. The van der Waals surface area contributed by atoms with Crippen molar-refractivity contribution < 1.29 is 46.9 Å². The van der Waals surface area contributed by atoms with Crippen molar-refractivity contribution in [1.29, 1.82) is 5.41 Å². The lowest BCUT2D eigenvalue weighted by atomic mass is 9.94. The highest BCUT2D eigenvalue weighted by molar-refractivity contribution is 7.22. The molecule has 3 aromatic rings. The van der Waals surface area contributed by atoms with Gasteiger partial charge in [-0.15, -0.1) is 0 Å². The smallest absolute Gasteiger partial charge is 0.481 e. The van der Waals surface area contributed by atoms with Crippen LogP contribution in [0.2, 0.25) is 0 Å². The number of rotatable bonds is 7. The van der Waals surface area contributed by atoms with Gasteiger partial charge >= 0.3 is 24.1 Å². The molecule has 0 aliphatic rings. The van der Waals surface area contributed by atoms with E-state index in [1.54, 1.807) is 26.0 Å². The first-order valence-corrected chi connectivity index (χ1v) is 10.9. The summed E-state index contributed by atoms with van der Waals surface area (Å²) in [5, 5.41) is 27.1. The van der Waals surface area contributed by atoms with E-state index in [4.69, 9.17) is 25.8 Å². The van der Waals surface area contributed by atoms with Crippen molar-refractivity contribution >= 4 is 50.4 Å².